The lowest BCUT2D eigenvalue weighted by Crippen LogP contribution is -2.47. The monoisotopic (exact) mass is 653 g/mol. The van der Waals surface area contributed by atoms with Gasteiger partial charge in [0, 0.05) is 31.2 Å². The maximum absolute atomic E-state index is 13.8. The lowest BCUT2D eigenvalue weighted by molar-refractivity contribution is -0.133. The molecule has 0 bridgehead atoms. The molecule has 0 spiro atoms. The number of hydrogen-bond acceptors (Lipinski definition) is 6. The largest absolute Gasteiger partial charge is 0.346 e. The van der Waals surface area contributed by atoms with Crippen molar-refractivity contribution >= 4 is 45.0 Å². The summed E-state index contributed by atoms with van der Waals surface area (Å²) < 4.78 is 28.6. The van der Waals surface area contributed by atoms with Crippen LogP contribution in [0.3, 0.4) is 0 Å². The molecule has 1 aliphatic rings. The van der Waals surface area contributed by atoms with Crippen molar-refractivity contribution in [3.63, 3.8) is 0 Å². The SMILES string of the molecule is Cc1c(Cl)ccc(S(=O)(=O)N(CCc2ccccc2)CC(=O)NCC(=O)N(CCCCN)CCN2CCCCCC2)c1Cl. The van der Waals surface area contributed by atoms with Gasteiger partial charge in [0.15, 0.2) is 0 Å². The Balaban J connectivity index is 1.68. The van der Waals surface area contributed by atoms with Gasteiger partial charge in [-0.15, -0.1) is 0 Å². The van der Waals surface area contributed by atoms with E-state index < -0.39 is 22.5 Å². The minimum Gasteiger partial charge on any atom is -0.346 e. The molecule has 2 aromatic rings. The third kappa shape index (κ3) is 11.0. The Morgan fingerprint density at radius 1 is 0.953 bits per heavy atom. The lowest BCUT2D eigenvalue weighted by Gasteiger charge is -2.27. The van der Waals surface area contributed by atoms with E-state index in [9.17, 15) is 18.0 Å². The number of likely N-dealkylation sites (tertiary alicyclic amines) is 1. The molecule has 0 aromatic heterocycles. The van der Waals surface area contributed by atoms with Gasteiger partial charge in [-0.25, -0.2) is 8.42 Å². The van der Waals surface area contributed by atoms with Crippen LogP contribution >= 0.6 is 23.2 Å². The Morgan fingerprint density at radius 2 is 1.65 bits per heavy atom. The zero-order valence-electron chi connectivity index (χ0n) is 25.1. The van der Waals surface area contributed by atoms with Gasteiger partial charge in [0.2, 0.25) is 21.8 Å². The van der Waals surface area contributed by atoms with Crippen LogP contribution in [0, 0.1) is 6.92 Å². The third-order valence-electron chi connectivity index (χ3n) is 7.77. The van der Waals surface area contributed by atoms with Crippen LogP contribution in [0.4, 0.5) is 0 Å². The average Bonchev–Trinajstić information content (AvgIpc) is 3.28. The van der Waals surface area contributed by atoms with E-state index in [0.717, 1.165) is 42.3 Å². The van der Waals surface area contributed by atoms with E-state index in [4.69, 9.17) is 28.9 Å². The summed E-state index contributed by atoms with van der Waals surface area (Å²) in [6, 6.07) is 12.3. The number of nitrogens with zero attached hydrogens (tertiary/aromatic N) is 3. The third-order valence-corrected chi connectivity index (χ3v) is 10.7. The fraction of sp³-hybridized carbons (Fsp3) is 0.548. The molecule has 1 saturated heterocycles. The molecule has 1 heterocycles. The molecular weight excluding hydrogens is 609 g/mol. The number of carbonyl (C=O) groups is 2. The molecule has 12 heteroatoms. The highest BCUT2D eigenvalue weighted by atomic mass is 35.5. The maximum atomic E-state index is 13.8. The van der Waals surface area contributed by atoms with Gasteiger partial charge >= 0.3 is 0 Å². The number of benzene rings is 2. The zero-order chi connectivity index (χ0) is 31.2. The minimum absolute atomic E-state index is 0.0188. The van der Waals surface area contributed by atoms with Gasteiger partial charge < -0.3 is 20.9 Å². The van der Waals surface area contributed by atoms with Crippen LogP contribution in [0.1, 0.15) is 49.7 Å². The molecule has 0 radical (unpaired) electrons. The predicted octanol–water partition coefficient (Wildman–Crippen LogP) is 4.09. The van der Waals surface area contributed by atoms with Crippen molar-refractivity contribution in [3.05, 3.63) is 63.6 Å². The lowest BCUT2D eigenvalue weighted by atomic mass is 10.1. The summed E-state index contributed by atoms with van der Waals surface area (Å²) in [5, 5.41) is 3.03. The summed E-state index contributed by atoms with van der Waals surface area (Å²) in [4.78, 5) is 30.4. The van der Waals surface area contributed by atoms with Crippen molar-refractivity contribution in [1.29, 1.82) is 0 Å². The van der Waals surface area contributed by atoms with E-state index in [1.807, 2.05) is 30.3 Å². The number of sulfonamides is 1. The predicted molar refractivity (Wildman–Crippen MR) is 173 cm³/mol. The average molecular weight is 655 g/mol. The fourth-order valence-corrected chi connectivity index (χ4v) is 7.27. The van der Waals surface area contributed by atoms with Crippen LogP contribution in [0.5, 0.6) is 0 Å². The molecule has 9 nitrogen and oxygen atoms in total. The van der Waals surface area contributed by atoms with Gasteiger partial charge in [0.05, 0.1) is 18.1 Å². The number of nitrogens with two attached hydrogens (primary N) is 1. The maximum Gasteiger partial charge on any atom is 0.245 e. The second kappa shape index (κ2) is 17.9. The molecule has 0 aliphatic carbocycles. The number of nitrogens with one attached hydrogen (secondary N) is 1. The summed E-state index contributed by atoms with van der Waals surface area (Å²) in [6.07, 6.45) is 6.79. The fourth-order valence-electron chi connectivity index (χ4n) is 5.09. The summed E-state index contributed by atoms with van der Waals surface area (Å²) >= 11 is 12.6. The van der Waals surface area contributed by atoms with Crippen LogP contribution < -0.4 is 11.1 Å². The van der Waals surface area contributed by atoms with E-state index in [-0.39, 0.29) is 28.9 Å². The highest BCUT2D eigenvalue weighted by molar-refractivity contribution is 7.89. The van der Waals surface area contributed by atoms with Crippen molar-refractivity contribution in [1.82, 2.24) is 19.4 Å². The van der Waals surface area contributed by atoms with Crippen molar-refractivity contribution in [2.75, 3.05) is 58.9 Å². The molecule has 2 amide bonds. The number of amides is 2. The number of hydrogen-bond donors (Lipinski definition) is 2. The topological polar surface area (TPSA) is 116 Å². The molecular formula is C31H45Cl2N5O4S. The molecule has 3 N–H and O–H groups in total. The van der Waals surface area contributed by atoms with E-state index in [2.05, 4.69) is 10.2 Å². The first kappa shape index (κ1) is 35.3. The number of unbranched alkanes of at least 4 members (excludes halogenated alkanes) is 1. The van der Waals surface area contributed by atoms with Gasteiger partial charge in [0.1, 0.15) is 4.90 Å². The van der Waals surface area contributed by atoms with E-state index in [1.54, 1.807) is 11.8 Å². The molecule has 43 heavy (non-hydrogen) atoms. The van der Waals surface area contributed by atoms with E-state index in [1.165, 1.54) is 37.8 Å². The minimum atomic E-state index is -4.16. The van der Waals surface area contributed by atoms with E-state index >= 15 is 0 Å². The molecule has 0 unspecified atom stereocenters. The first-order valence-electron chi connectivity index (χ1n) is 15.1. The van der Waals surface area contributed by atoms with Crippen molar-refractivity contribution in [2.24, 2.45) is 5.73 Å². The van der Waals surface area contributed by atoms with Gasteiger partial charge in [-0.2, -0.15) is 4.31 Å². The number of halogens is 2. The van der Waals surface area contributed by atoms with Crippen molar-refractivity contribution in [2.45, 2.75) is 56.8 Å². The van der Waals surface area contributed by atoms with Crippen LogP contribution in [-0.4, -0.2) is 93.2 Å². The van der Waals surface area contributed by atoms with Crippen LogP contribution in [0.25, 0.3) is 0 Å². The zero-order valence-corrected chi connectivity index (χ0v) is 27.4. The summed E-state index contributed by atoms with van der Waals surface area (Å²) in [7, 11) is -4.16. The molecule has 0 atom stereocenters. The summed E-state index contributed by atoms with van der Waals surface area (Å²) in [5.74, 6) is -0.767. The molecule has 238 valence electrons. The summed E-state index contributed by atoms with van der Waals surface area (Å²) in [5.41, 5.74) is 7.04. The first-order chi connectivity index (χ1) is 20.6. The van der Waals surface area contributed by atoms with Crippen molar-refractivity contribution in [3.8, 4) is 0 Å². The second-order valence-corrected chi connectivity index (χ2v) is 13.7. The molecule has 3 rings (SSSR count). The van der Waals surface area contributed by atoms with E-state index in [0.29, 0.717) is 36.6 Å². The Hall–Kier alpha value is -2.21. The molecule has 0 saturated carbocycles. The normalized spacial score (nSPS) is 14.4. The first-order valence-corrected chi connectivity index (χ1v) is 17.3. The Labute approximate surface area is 266 Å². The number of carbonyl (C=O) groups excluding carboxylic acids is 2. The smallest absolute Gasteiger partial charge is 0.245 e. The van der Waals surface area contributed by atoms with Gasteiger partial charge in [0.25, 0.3) is 0 Å². The quantitative estimate of drug-likeness (QED) is 0.264. The van der Waals surface area contributed by atoms with Crippen LogP contribution in [0.2, 0.25) is 10.0 Å². The molecule has 2 aromatic carbocycles. The van der Waals surface area contributed by atoms with Crippen molar-refractivity contribution < 1.29 is 18.0 Å². The highest BCUT2D eigenvalue weighted by Gasteiger charge is 2.30. The summed E-state index contributed by atoms with van der Waals surface area (Å²) in [6.45, 7) is 5.56. The highest BCUT2D eigenvalue weighted by Crippen LogP contribution is 2.32. The standard InChI is InChI=1S/C31H45Cl2N5O4S/c1-25-27(32)13-14-28(31(25)33)43(41,42)38(20-15-26-11-5-4-6-12-26)24-29(39)35-23-30(40)37(19-10-7-16-34)22-21-36-17-8-2-3-9-18-36/h4-6,11-14H,2-3,7-10,15-24,34H2,1H3,(H,35,39). The molecule has 1 fully saturated rings. The molecule has 1 aliphatic heterocycles. The van der Waals surface area contributed by atoms with Gasteiger partial charge in [-0.1, -0.05) is 66.4 Å². The number of rotatable bonds is 16. The van der Waals surface area contributed by atoms with Gasteiger partial charge in [-0.05, 0) is 81.9 Å². The van der Waals surface area contributed by atoms with Crippen LogP contribution in [0.15, 0.2) is 47.4 Å². The Bertz CT molecular complexity index is 1290. The second-order valence-electron chi connectivity index (χ2n) is 11.0. The van der Waals surface area contributed by atoms with Crippen LogP contribution in [-0.2, 0) is 26.0 Å². The Kier molecular flexibility index (Phi) is 14.7. The van der Waals surface area contributed by atoms with Gasteiger partial charge in [-0.3, -0.25) is 9.59 Å². The Morgan fingerprint density at radius 3 is 2.33 bits per heavy atom.